The van der Waals surface area contributed by atoms with Crippen molar-refractivity contribution in [1.82, 2.24) is 0 Å². The number of halogens is 2. The van der Waals surface area contributed by atoms with Crippen LogP contribution in [0, 0.1) is 0 Å². The highest BCUT2D eigenvalue weighted by Crippen LogP contribution is 2.49. The Balaban J connectivity index is 2.68. The van der Waals surface area contributed by atoms with Crippen molar-refractivity contribution < 1.29 is 23.7 Å². The minimum atomic E-state index is 0.359. The van der Waals surface area contributed by atoms with Gasteiger partial charge < -0.3 is 23.7 Å². The van der Waals surface area contributed by atoms with Gasteiger partial charge in [-0.05, 0) is 52.0 Å². The van der Waals surface area contributed by atoms with Crippen LogP contribution in [0.15, 0.2) is 82.6 Å². The molecule has 2 aromatic rings. The first-order chi connectivity index (χ1) is 15.0. The summed E-state index contributed by atoms with van der Waals surface area (Å²) in [6.07, 6.45) is 13.3. The van der Waals surface area contributed by atoms with Crippen LogP contribution in [-0.4, -0.2) is 0 Å². The summed E-state index contributed by atoms with van der Waals surface area (Å²) in [6, 6.07) is 7.15. The smallest absolute Gasteiger partial charge is 0.212 e. The molecule has 31 heavy (non-hydrogen) atoms. The van der Waals surface area contributed by atoms with Gasteiger partial charge >= 0.3 is 0 Å². The summed E-state index contributed by atoms with van der Waals surface area (Å²) < 4.78 is 30.9. The van der Waals surface area contributed by atoms with Gasteiger partial charge in [-0.25, -0.2) is 0 Å². The molecule has 0 aromatic heterocycles. The molecular weight excluding hydrogens is 528 g/mol. The highest BCUT2D eigenvalue weighted by atomic mass is 79.9. The third kappa shape index (κ3) is 7.22. The Hall–Kier alpha value is -2.64. The highest BCUT2D eigenvalue weighted by Gasteiger charge is 2.21. The molecule has 0 bridgehead atoms. The molecule has 2 rings (SSSR count). The van der Waals surface area contributed by atoms with Gasteiger partial charge in [-0.2, -0.15) is 0 Å². The van der Waals surface area contributed by atoms with Crippen molar-refractivity contribution in [1.29, 1.82) is 0 Å². The van der Waals surface area contributed by atoms with Crippen molar-refractivity contribution in [3.05, 3.63) is 82.6 Å². The fourth-order valence-electron chi connectivity index (χ4n) is 2.31. The van der Waals surface area contributed by atoms with Crippen LogP contribution >= 0.6 is 31.9 Å². The lowest BCUT2D eigenvalue weighted by Crippen LogP contribution is -1.98. The maximum Gasteiger partial charge on any atom is 0.212 e. The summed E-state index contributed by atoms with van der Waals surface area (Å²) in [4.78, 5) is 0. The average molecular weight is 552 g/mol. The fourth-order valence-corrected chi connectivity index (χ4v) is 3.14. The predicted octanol–water partition coefficient (Wildman–Crippen LogP) is 8.65. The molecule has 0 saturated carbocycles. The number of allylic oxidation sites excluding steroid dienone is 4. The van der Waals surface area contributed by atoms with Crippen molar-refractivity contribution in [3.63, 3.8) is 0 Å². The molecule has 0 aliphatic carbocycles. The van der Waals surface area contributed by atoms with Gasteiger partial charge in [0.1, 0.15) is 0 Å². The zero-order valence-electron chi connectivity index (χ0n) is 17.7. The second-order valence-electron chi connectivity index (χ2n) is 5.91. The average Bonchev–Trinajstić information content (AvgIpc) is 2.75. The molecule has 0 aliphatic rings. The lowest BCUT2D eigenvalue weighted by atomic mass is 10.2. The van der Waals surface area contributed by atoms with Gasteiger partial charge in [-0.1, -0.05) is 56.2 Å². The van der Waals surface area contributed by atoms with Gasteiger partial charge in [0.25, 0.3) is 0 Å². The van der Waals surface area contributed by atoms with E-state index in [-0.39, 0.29) is 0 Å². The largest absolute Gasteiger partial charge is 0.461 e. The molecule has 0 heterocycles. The summed E-state index contributed by atoms with van der Waals surface area (Å²) in [5.41, 5.74) is 0. The Morgan fingerprint density at radius 1 is 0.516 bits per heavy atom. The van der Waals surface area contributed by atoms with Crippen LogP contribution in [-0.2, 0) is 0 Å². The van der Waals surface area contributed by atoms with Crippen molar-refractivity contribution >= 4 is 31.9 Å². The summed E-state index contributed by atoms with van der Waals surface area (Å²) >= 11 is 6.97. The topological polar surface area (TPSA) is 46.2 Å². The number of hydrogen-bond donors (Lipinski definition) is 0. The quantitative estimate of drug-likeness (QED) is 0.276. The third-order valence-electron chi connectivity index (χ3n) is 3.50. The monoisotopic (exact) mass is 550 g/mol. The minimum Gasteiger partial charge on any atom is -0.461 e. The van der Waals surface area contributed by atoms with Gasteiger partial charge in [-0.3, -0.25) is 0 Å². The van der Waals surface area contributed by atoms with Crippen LogP contribution in [0.3, 0.4) is 0 Å². The van der Waals surface area contributed by atoms with E-state index in [9.17, 15) is 0 Å². The maximum atomic E-state index is 6.32. The molecule has 0 saturated heterocycles. The van der Waals surface area contributed by atoms with Crippen LogP contribution in [0.1, 0.15) is 27.7 Å². The first kappa shape index (κ1) is 24.6. The summed E-state index contributed by atoms with van der Waals surface area (Å²) in [6.45, 7) is 7.43. The van der Waals surface area contributed by atoms with E-state index in [1.54, 1.807) is 73.6 Å². The normalized spacial score (nSPS) is 11.7. The van der Waals surface area contributed by atoms with E-state index in [4.69, 9.17) is 23.7 Å². The molecule has 0 amide bonds. The number of rotatable bonds is 10. The van der Waals surface area contributed by atoms with Crippen LogP contribution in [0.5, 0.6) is 34.5 Å². The lowest BCUT2D eigenvalue weighted by molar-refractivity contribution is 0.352. The Kier molecular flexibility index (Phi) is 10.3. The summed E-state index contributed by atoms with van der Waals surface area (Å²) in [5, 5.41) is 0. The molecule has 5 nitrogen and oxygen atoms in total. The van der Waals surface area contributed by atoms with Gasteiger partial charge in [0.2, 0.25) is 11.5 Å². The molecule has 0 atom stereocenters. The number of benzene rings is 2. The molecule has 2 aromatic carbocycles. The van der Waals surface area contributed by atoms with E-state index >= 15 is 0 Å². The van der Waals surface area contributed by atoms with Crippen molar-refractivity contribution in [2.75, 3.05) is 0 Å². The number of hydrogen-bond acceptors (Lipinski definition) is 5. The van der Waals surface area contributed by atoms with E-state index < -0.39 is 0 Å². The van der Waals surface area contributed by atoms with Gasteiger partial charge in [0.15, 0.2) is 23.0 Å². The predicted molar refractivity (Wildman–Crippen MR) is 130 cm³/mol. The fraction of sp³-hybridized carbons (Fsp3) is 0.167. The van der Waals surface area contributed by atoms with Crippen molar-refractivity contribution in [3.8, 4) is 34.5 Å². The van der Waals surface area contributed by atoms with Crippen LogP contribution in [0.4, 0.5) is 0 Å². The van der Waals surface area contributed by atoms with E-state index in [0.717, 1.165) is 8.95 Å². The number of ether oxygens (including phenoxy) is 5. The van der Waals surface area contributed by atoms with Gasteiger partial charge in [-0.15, -0.1) is 0 Å². The molecule has 164 valence electrons. The van der Waals surface area contributed by atoms with Gasteiger partial charge in [0.05, 0.1) is 25.0 Å². The highest BCUT2D eigenvalue weighted by molar-refractivity contribution is 9.10. The molecule has 0 fully saturated rings. The second-order valence-corrected chi connectivity index (χ2v) is 7.74. The van der Waals surface area contributed by atoms with E-state index in [1.807, 2.05) is 27.7 Å². The van der Waals surface area contributed by atoms with E-state index in [2.05, 4.69) is 31.9 Å². The third-order valence-corrected chi connectivity index (χ3v) is 4.42. The Labute approximate surface area is 199 Å². The van der Waals surface area contributed by atoms with Crippen molar-refractivity contribution in [2.24, 2.45) is 0 Å². The SMILES string of the molecule is CC=COc1cc(Br)cc(OC=CC)c1Oc1c(OC=CC)cc(Br)cc1OC=CC. The van der Waals surface area contributed by atoms with Crippen LogP contribution in [0.25, 0.3) is 0 Å². The Morgan fingerprint density at radius 2 is 0.774 bits per heavy atom. The summed E-state index contributed by atoms with van der Waals surface area (Å²) in [7, 11) is 0. The Morgan fingerprint density at radius 3 is 1.00 bits per heavy atom. The summed E-state index contributed by atoms with van der Waals surface area (Å²) in [5.74, 6) is 2.51. The molecule has 0 spiro atoms. The molecule has 0 N–H and O–H groups in total. The Bertz CT molecular complexity index is 844. The van der Waals surface area contributed by atoms with Crippen molar-refractivity contribution in [2.45, 2.75) is 27.7 Å². The lowest BCUT2D eigenvalue weighted by Gasteiger charge is -2.18. The van der Waals surface area contributed by atoms with E-state index in [1.165, 1.54) is 0 Å². The molecule has 7 heteroatoms. The molecule has 0 unspecified atom stereocenters. The van der Waals surface area contributed by atoms with Crippen LogP contribution in [0.2, 0.25) is 0 Å². The van der Waals surface area contributed by atoms with Gasteiger partial charge in [0, 0.05) is 8.95 Å². The zero-order chi connectivity index (χ0) is 22.6. The standard InChI is InChI=1S/C24H24Br2O5/c1-5-9-27-19-13-17(25)14-20(28-10-6-2)23(19)31-24-21(29-11-7-3)15-18(26)16-22(24)30-12-8-4/h5-16H,1-4H3. The second kappa shape index (κ2) is 12.9. The molecule has 0 aliphatic heterocycles. The first-order valence-electron chi connectivity index (χ1n) is 9.50. The first-order valence-corrected chi connectivity index (χ1v) is 11.1. The van der Waals surface area contributed by atoms with Crippen LogP contribution < -0.4 is 23.7 Å². The maximum absolute atomic E-state index is 6.32. The minimum absolute atomic E-state index is 0.359. The molecule has 0 radical (unpaired) electrons. The van der Waals surface area contributed by atoms with E-state index in [0.29, 0.717) is 34.5 Å². The zero-order valence-corrected chi connectivity index (χ0v) is 20.9. The molecular formula is C24H24Br2O5.